The van der Waals surface area contributed by atoms with Crippen molar-refractivity contribution >= 4 is 39.3 Å². The molecule has 200 valence electrons. The molecule has 0 N–H and O–H groups in total. The highest BCUT2D eigenvalue weighted by Crippen LogP contribution is 2.37. The summed E-state index contributed by atoms with van der Waals surface area (Å²) in [6.07, 6.45) is 1.78. The second-order valence-corrected chi connectivity index (χ2v) is 10.1. The summed E-state index contributed by atoms with van der Waals surface area (Å²) in [7, 11) is 1.57. The lowest BCUT2D eigenvalue weighted by molar-refractivity contribution is -0.139. The summed E-state index contributed by atoms with van der Waals surface area (Å²) in [5.41, 5.74) is 2.09. The van der Waals surface area contributed by atoms with E-state index in [-0.39, 0.29) is 12.2 Å². The maximum Gasteiger partial charge on any atom is 0.338 e. The lowest BCUT2D eigenvalue weighted by Gasteiger charge is -2.24. The Morgan fingerprint density at radius 1 is 1.11 bits per heavy atom. The van der Waals surface area contributed by atoms with E-state index in [4.69, 9.17) is 18.9 Å². The fourth-order valence-corrected chi connectivity index (χ4v) is 5.90. The number of carbonyl (C=O) groups excluding carboxylic acids is 1. The Labute approximate surface area is 233 Å². The first-order chi connectivity index (χ1) is 18.3. The number of rotatable bonds is 9. The fraction of sp³-hybridized carbons (Fsp3) is 0.321. The number of methoxy groups -OCH3 is 1. The van der Waals surface area contributed by atoms with Gasteiger partial charge in [-0.1, -0.05) is 23.5 Å². The molecule has 3 aromatic rings. The number of carbonyl (C=O) groups is 1. The summed E-state index contributed by atoms with van der Waals surface area (Å²) in [5, 5.41) is 0. The standard InChI is InChI=1S/C28H29BrN2O6S/c1-6-35-19-11-9-18(10-12-19)24-23(27(33)37-8-3)16(4)30-28-31(24)26(32)22(38-28)15-17-13-20(29)25(36-7-2)21(14-17)34-5/h9-15,24H,6-8H2,1-5H3/b22-15-/t24-/m0/s1. The van der Waals surface area contributed by atoms with Gasteiger partial charge in [-0.05, 0) is 85.1 Å². The minimum Gasteiger partial charge on any atom is -0.494 e. The molecule has 8 nitrogen and oxygen atoms in total. The highest BCUT2D eigenvalue weighted by molar-refractivity contribution is 9.10. The Hall–Kier alpha value is -3.37. The Morgan fingerprint density at radius 2 is 1.82 bits per heavy atom. The average molecular weight is 602 g/mol. The van der Waals surface area contributed by atoms with E-state index in [0.717, 1.165) is 11.1 Å². The van der Waals surface area contributed by atoms with Crippen molar-refractivity contribution < 1.29 is 23.7 Å². The maximum absolute atomic E-state index is 13.8. The van der Waals surface area contributed by atoms with Crippen molar-refractivity contribution in [2.75, 3.05) is 26.9 Å². The third kappa shape index (κ3) is 5.42. The molecule has 0 amide bonds. The van der Waals surface area contributed by atoms with Gasteiger partial charge in [-0.25, -0.2) is 9.79 Å². The molecular weight excluding hydrogens is 572 g/mol. The molecule has 1 aliphatic rings. The van der Waals surface area contributed by atoms with Gasteiger partial charge in [0.2, 0.25) is 0 Å². The number of fused-ring (bicyclic) bond motifs is 1. The molecule has 38 heavy (non-hydrogen) atoms. The number of esters is 1. The molecule has 0 saturated carbocycles. The van der Waals surface area contributed by atoms with E-state index in [2.05, 4.69) is 20.9 Å². The number of thiazole rings is 1. The summed E-state index contributed by atoms with van der Waals surface area (Å²) in [5.74, 6) is 1.35. The molecule has 0 fully saturated rings. The highest BCUT2D eigenvalue weighted by Gasteiger charge is 2.33. The van der Waals surface area contributed by atoms with Crippen LogP contribution in [0.5, 0.6) is 17.2 Å². The maximum atomic E-state index is 13.8. The predicted octanol–water partition coefficient (Wildman–Crippen LogP) is 4.37. The van der Waals surface area contributed by atoms with E-state index >= 15 is 0 Å². The Kier molecular flexibility index (Phi) is 8.73. The first-order valence-corrected chi connectivity index (χ1v) is 13.9. The van der Waals surface area contributed by atoms with Gasteiger partial charge in [0.25, 0.3) is 5.56 Å². The van der Waals surface area contributed by atoms with Crippen molar-refractivity contribution in [1.82, 2.24) is 4.57 Å². The van der Waals surface area contributed by atoms with Crippen LogP contribution in [-0.4, -0.2) is 37.5 Å². The van der Waals surface area contributed by atoms with Crippen molar-refractivity contribution in [2.45, 2.75) is 33.7 Å². The Balaban J connectivity index is 1.90. The number of halogens is 1. The van der Waals surface area contributed by atoms with E-state index < -0.39 is 12.0 Å². The minimum atomic E-state index is -0.690. The largest absolute Gasteiger partial charge is 0.494 e. The highest BCUT2D eigenvalue weighted by atomic mass is 79.9. The molecule has 0 radical (unpaired) electrons. The van der Waals surface area contributed by atoms with Gasteiger partial charge in [0, 0.05) is 0 Å². The second kappa shape index (κ2) is 12.0. The average Bonchev–Trinajstić information content (AvgIpc) is 3.19. The molecular formula is C28H29BrN2O6S. The van der Waals surface area contributed by atoms with Crippen LogP contribution in [0, 0.1) is 0 Å². The van der Waals surface area contributed by atoms with Crippen LogP contribution in [0.3, 0.4) is 0 Å². The van der Waals surface area contributed by atoms with Gasteiger partial charge >= 0.3 is 5.97 Å². The SMILES string of the molecule is CCOC(=O)C1=C(C)N=c2s/c(=C\c3cc(Br)c(OCC)c(OC)c3)c(=O)n2[C@H]1c1ccc(OCC)cc1. The van der Waals surface area contributed by atoms with Crippen LogP contribution in [0.4, 0.5) is 0 Å². The molecule has 4 rings (SSSR count). The van der Waals surface area contributed by atoms with Gasteiger partial charge in [0.05, 0.1) is 53.2 Å². The first kappa shape index (κ1) is 27.7. The quantitative estimate of drug-likeness (QED) is 0.339. The molecule has 0 aliphatic carbocycles. The molecule has 10 heteroatoms. The number of allylic oxidation sites excluding steroid dienone is 1. The molecule has 0 unspecified atom stereocenters. The monoisotopic (exact) mass is 600 g/mol. The molecule has 1 atom stereocenters. The van der Waals surface area contributed by atoms with Crippen molar-refractivity contribution in [3.63, 3.8) is 0 Å². The second-order valence-electron chi connectivity index (χ2n) is 8.27. The Morgan fingerprint density at radius 3 is 2.45 bits per heavy atom. The van der Waals surface area contributed by atoms with Gasteiger partial charge < -0.3 is 18.9 Å². The zero-order valence-electron chi connectivity index (χ0n) is 21.9. The lowest BCUT2D eigenvalue weighted by atomic mass is 9.96. The van der Waals surface area contributed by atoms with Crippen LogP contribution in [0.25, 0.3) is 6.08 Å². The van der Waals surface area contributed by atoms with Gasteiger partial charge in [-0.2, -0.15) is 0 Å². The van der Waals surface area contributed by atoms with Crippen LogP contribution in [0.2, 0.25) is 0 Å². The Bertz CT molecular complexity index is 1560. The van der Waals surface area contributed by atoms with Crippen molar-refractivity contribution in [2.24, 2.45) is 4.99 Å². The summed E-state index contributed by atoms with van der Waals surface area (Å²) < 4.78 is 24.9. The van der Waals surface area contributed by atoms with Crippen LogP contribution in [0.1, 0.15) is 44.9 Å². The molecule has 0 spiro atoms. The van der Waals surface area contributed by atoms with E-state index in [0.29, 0.717) is 55.5 Å². The number of hydrogen-bond acceptors (Lipinski definition) is 8. The van der Waals surface area contributed by atoms with Crippen LogP contribution in [0.15, 0.2) is 61.9 Å². The summed E-state index contributed by atoms with van der Waals surface area (Å²) in [6, 6.07) is 10.4. The number of nitrogens with zero attached hydrogens (tertiary/aromatic N) is 2. The third-order valence-electron chi connectivity index (χ3n) is 5.86. The van der Waals surface area contributed by atoms with Gasteiger partial charge in [-0.15, -0.1) is 0 Å². The fourth-order valence-electron chi connectivity index (χ4n) is 4.28. The van der Waals surface area contributed by atoms with Gasteiger partial charge in [0.1, 0.15) is 5.75 Å². The van der Waals surface area contributed by atoms with Gasteiger partial charge in [0.15, 0.2) is 16.3 Å². The first-order valence-electron chi connectivity index (χ1n) is 12.3. The van der Waals surface area contributed by atoms with Crippen molar-refractivity contribution in [3.05, 3.63) is 83.0 Å². The van der Waals surface area contributed by atoms with Gasteiger partial charge in [-0.3, -0.25) is 9.36 Å². The summed E-state index contributed by atoms with van der Waals surface area (Å²) in [6.45, 7) is 8.56. The summed E-state index contributed by atoms with van der Waals surface area (Å²) >= 11 is 4.80. The smallest absolute Gasteiger partial charge is 0.338 e. The topological polar surface area (TPSA) is 88.4 Å². The zero-order chi connectivity index (χ0) is 27.4. The number of aromatic nitrogens is 1. The van der Waals surface area contributed by atoms with E-state index in [1.165, 1.54) is 11.3 Å². The molecule has 1 aromatic heterocycles. The number of hydrogen-bond donors (Lipinski definition) is 0. The number of benzene rings is 2. The van der Waals surface area contributed by atoms with Crippen LogP contribution in [-0.2, 0) is 9.53 Å². The third-order valence-corrected chi connectivity index (χ3v) is 7.43. The molecule has 0 bridgehead atoms. The minimum absolute atomic E-state index is 0.213. The van der Waals surface area contributed by atoms with E-state index in [1.807, 2.05) is 50.2 Å². The molecule has 2 aromatic carbocycles. The predicted molar refractivity (Wildman–Crippen MR) is 150 cm³/mol. The van der Waals surface area contributed by atoms with E-state index in [9.17, 15) is 9.59 Å². The molecule has 1 aliphatic heterocycles. The summed E-state index contributed by atoms with van der Waals surface area (Å²) in [4.78, 5) is 32.0. The zero-order valence-corrected chi connectivity index (χ0v) is 24.3. The van der Waals surface area contributed by atoms with Crippen molar-refractivity contribution in [1.29, 1.82) is 0 Å². The molecule has 2 heterocycles. The molecule has 0 saturated heterocycles. The van der Waals surface area contributed by atoms with Crippen LogP contribution < -0.4 is 29.1 Å². The van der Waals surface area contributed by atoms with Crippen molar-refractivity contribution in [3.8, 4) is 17.2 Å². The van der Waals surface area contributed by atoms with E-state index in [1.54, 1.807) is 31.6 Å². The number of ether oxygens (including phenoxy) is 4. The van der Waals surface area contributed by atoms with Crippen LogP contribution >= 0.6 is 27.3 Å². The lowest BCUT2D eigenvalue weighted by Crippen LogP contribution is -2.39. The normalized spacial score (nSPS) is 15.1.